The zero-order chi connectivity index (χ0) is 25.7. The van der Waals surface area contributed by atoms with Crippen LogP contribution in [0.15, 0.2) is 82.4 Å². The quantitative estimate of drug-likeness (QED) is 0.218. The summed E-state index contributed by atoms with van der Waals surface area (Å²) in [5.74, 6) is 0.285. The molecule has 0 bridgehead atoms. The number of rotatable bonds is 8. The third-order valence-corrected chi connectivity index (χ3v) is 6.95. The Labute approximate surface area is 220 Å². The molecule has 0 spiro atoms. The number of thioether (sulfide) groups is 1. The summed E-state index contributed by atoms with van der Waals surface area (Å²) in [6.45, 7) is 1.48. The van der Waals surface area contributed by atoms with Crippen LogP contribution in [0.2, 0.25) is 0 Å². The molecule has 3 aromatic carbocycles. The fraction of sp³-hybridized carbons (Fsp3) is 0.115. The van der Waals surface area contributed by atoms with Gasteiger partial charge in [0.15, 0.2) is 16.8 Å². The number of hydrogen-bond donors (Lipinski definition) is 2. The van der Waals surface area contributed by atoms with Crippen LogP contribution in [-0.2, 0) is 11.8 Å². The van der Waals surface area contributed by atoms with Crippen molar-refractivity contribution in [2.45, 2.75) is 12.1 Å². The summed E-state index contributed by atoms with van der Waals surface area (Å²) in [4.78, 5) is 36.4. The van der Waals surface area contributed by atoms with Crippen LogP contribution in [0.4, 0.5) is 11.4 Å². The molecule has 36 heavy (non-hydrogen) atoms. The van der Waals surface area contributed by atoms with Crippen LogP contribution in [0, 0.1) is 0 Å². The molecule has 2 N–H and O–H groups in total. The van der Waals surface area contributed by atoms with Gasteiger partial charge in [0.2, 0.25) is 5.91 Å². The fourth-order valence-electron chi connectivity index (χ4n) is 3.38. The zero-order valence-electron chi connectivity index (χ0n) is 19.5. The molecule has 2 amide bonds. The average molecular weight is 564 g/mol. The first-order chi connectivity index (χ1) is 17.3. The molecule has 4 rings (SSSR count). The minimum Gasteiger partial charge on any atom is -0.325 e. The lowest BCUT2D eigenvalue weighted by Crippen LogP contribution is -2.14. The number of nitrogens with zero attached hydrogens (tertiary/aromatic N) is 3. The summed E-state index contributed by atoms with van der Waals surface area (Å²) in [5, 5.41) is 14.7. The molecule has 8 nitrogen and oxygen atoms in total. The van der Waals surface area contributed by atoms with Gasteiger partial charge in [-0.25, -0.2) is 0 Å². The summed E-state index contributed by atoms with van der Waals surface area (Å²) in [6, 6.07) is 21.3. The number of Topliss-reactive ketones (excluding diaryl/α,β-unsaturated/α-hetero) is 1. The fourth-order valence-corrected chi connectivity index (χ4v) is 4.56. The summed E-state index contributed by atoms with van der Waals surface area (Å²) < 4.78 is 2.53. The Bertz CT molecular complexity index is 1440. The SMILES string of the molecule is CC(=O)c1cccc(NC(=O)CSc2nnc(-c3ccc(NC(=O)c4ccccc4Br)cc3)n2C)c1. The molecular formula is C26H22BrN5O3S. The second-order valence-corrected chi connectivity index (χ2v) is 9.65. The molecule has 0 unspecified atom stereocenters. The number of ketones is 1. The lowest BCUT2D eigenvalue weighted by Gasteiger charge is -2.08. The maximum Gasteiger partial charge on any atom is 0.256 e. The van der Waals surface area contributed by atoms with Gasteiger partial charge in [-0.05, 0) is 71.4 Å². The van der Waals surface area contributed by atoms with Crippen molar-refractivity contribution in [1.82, 2.24) is 14.8 Å². The lowest BCUT2D eigenvalue weighted by molar-refractivity contribution is -0.113. The van der Waals surface area contributed by atoms with Gasteiger partial charge in [0.25, 0.3) is 5.91 Å². The molecule has 1 aromatic heterocycles. The van der Waals surface area contributed by atoms with Crippen LogP contribution in [0.5, 0.6) is 0 Å². The number of hydrogen-bond acceptors (Lipinski definition) is 6. The Morgan fingerprint density at radius 3 is 2.39 bits per heavy atom. The van der Waals surface area contributed by atoms with Gasteiger partial charge in [-0.3, -0.25) is 14.4 Å². The average Bonchev–Trinajstić information content (AvgIpc) is 3.23. The number of nitrogens with one attached hydrogen (secondary N) is 2. The van der Waals surface area contributed by atoms with Crippen molar-refractivity contribution >= 4 is 56.7 Å². The van der Waals surface area contributed by atoms with E-state index in [2.05, 4.69) is 36.8 Å². The molecule has 4 aromatic rings. The summed E-state index contributed by atoms with van der Waals surface area (Å²) >= 11 is 4.65. The maximum atomic E-state index is 12.5. The van der Waals surface area contributed by atoms with Gasteiger partial charge in [0, 0.05) is 34.0 Å². The second-order valence-electron chi connectivity index (χ2n) is 7.85. The predicted octanol–water partition coefficient (Wildman–Crippen LogP) is 5.43. The number of carbonyl (C=O) groups is 3. The van der Waals surface area contributed by atoms with E-state index in [0.717, 1.165) is 10.0 Å². The summed E-state index contributed by atoms with van der Waals surface area (Å²) in [6.07, 6.45) is 0. The van der Waals surface area contributed by atoms with E-state index >= 15 is 0 Å². The molecule has 0 aliphatic carbocycles. The first-order valence-electron chi connectivity index (χ1n) is 10.9. The first kappa shape index (κ1) is 25.3. The van der Waals surface area contributed by atoms with Crippen molar-refractivity contribution < 1.29 is 14.4 Å². The van der Waals surface area contributed by atoms with E-state index in [4.69, 9.17) is 0 Å². The monoisotopic (exact) mass is 563 g/mol. The minimum absolute atomic E-state index is 0.0632. The van der Waals surface area contributed by atoms with Crippen molar-refractivity contribution in [3.05, 3.63) is 88.4 Å². The standard InChI is InChI=1S/C26H22BrN5O3S/c1-16(33)18-6-5-7-20(14-18)28-23(34)15-36-26-31-30-24(32(26)2)17-10-12-19(13-11-17)29-25(35)21-8-3-4-9-22(21)27/h3-14H,15H2,1-2H3,(H,28,34)(H,29,35). The van der Waals surface area contributed by atoms with Crippen molar-refractivity contribution in [1.29, 1.82) is 0 Å². The molecule has 0 radical (unpaired) electrons. The number of anilines is 2. The van der Waals surface area contributed by atoms with Crippen molar-refractivity contribution in [3.63, 3.8) is 0 Å². The molecule has 10 heteroatoms. The van der Waals surface area contributed by atoms with Gasteiger partial charge in [-0.15, -0.1) is 10.2 Å². The highest BCUT2D eigenvalue weighted by atomic mass is 79.9. The van der Waals surface area contributed by atoms with E-state index in [9.17, 15) is 14.4 Å². The van der Waals surface area contributed by atoms with Gasteiger partial charge in [0.1, 0.15) is 0 Å². The molecule has 0 saturated carbocycles. The highest BCUT2D eigenvalue weighted by Gasteiger charge is 2.14. The van der Waals surface area contributed by atoms with Gasteiger partial charge in [-0.1, -0.05) is 36.0 Å². The number of benzene rings is 3. The highest BCUT2D eigenvalue weighted by Crippen LogP contribution is 2.25. The van der Waals surface area contributed by atoms with Crippen LogP contribution in [-0.4, -0.2) is 38.1 Å². The third-order valence-electron chi connectivity index (χ3n) is 5.24. The zero-order valence-corrected chi connectivity index (χ0v) is 21.9. The van der Waals surface area contributed by atoms with Gasteiger partial charge < -0.3 is 15.2 Å². The lowest BCUT2D eigenvalue weighted by atomic mass is 10.1. The predicted molar refractivity (Wildman–Crippen MR) is 144 cm³/mol. The maximum absolute atomic E-state index is 12.5. The molecule has 0 saturated heterocycles. The number of aromatic nitrogens is 3. The molecular weight excluding hydrogens is 542 g/mol. The van der Waals surface area contributed by atoms with E-state index in [0.29, 0.717) is 33.5 Å². The highest BCUT2D eigenvalue weighted by molar-refractivity contribution is 9.10. The van der Waals surface area contributed by atoms with Crippen LogP contribution >= 0.6 is 27.7 Å². The van der Waals surface area contributed by atoms with E-state index in [-0.39, 0.29) is 23.4 Å². The van der Waals surface area contributed by atoms with Crippen molar-refractivity contribution in [2.75, 3.05) is 16.4 Å². The van der Waals surface area contributed by atoms with Gasteiger partial charge >= 0.3 is 0 Å². The minimum atomic E-state index is -0.213. The summed E-state index contributed by atoms with van der Waals surface area (Å²) in [5.41, 5.74) is 3.13. The molecule has 182 valence electrons. The van der Waals surface area contributed by atoms with Crippen LogP contribution in [0.1, 0.15) is 27.6 Å². The molecule has 1 heterocycles. The number of carbonyl (C=O) groups excluding carboxylic acids is 3. The van der Waals surface area contributed by atoms with Crippen molar-refractivity contribution in [3.8, 4) is 11.4 Å². The van der Waals surface area contributed by atoms with Crippen molar-refractivity contribution in [2.24, 2.45) is 7.05 Å². The topological polar surface area (TPSA) is 106 Å². The number of halogens is 1. The van der Waals surface area contributed by atoms with Crippen LogP contribution < -0.4 is 10.6 Å². The Kier molecular flexibility index (Phi) is 7.97. The molecule has 0 fully saturated rings. The van der Waals surface area contributed by atoms with E-state index in [1.54, 1.807) is 42.5 Å². The first-order valence-corrected chi connectivity index (χ1v) is 12.7. The van der Waals surface area contributed by atoms with E-state index in [1.807, 2.05) is 41.9 Å². The Hall–Kier alpha value is -3.76. The third kappa shape index (κ3) is 6.07. The summed E-state index contributed by atoms with van der Waals surface area (Å²) in [7, 11) is 1.83. The Morgan fingerprint density at radius 2 is 1.67 bits per heavy atom. The molecule has 0 aliphatic rings. The van der Waals surface area contributed by atoms with E-state index in [1.165, 1.54) is 18.7 Å². The van der Waals surface area contributed by atoms with Gasteiger partial charge in [0.05, 0.1) is 11.3 Å². The Balaban J connectivity index is 1.37. The molecule has 0 atom stereocenters. The van der Waals surface area contributed by atoms with E-state index < -0.39 is 0 Å². The van der Waals surface area contributed by atoms with Crippen LogP contribution in [0.25, 0.3) is 11.4 Å². The largest absolute Gasteiger partial charge is 0.325 e. The normalized spacial score (nSPS) is 10.6. The Morgan fingerprint density at radius 1 is 0.917 bits per heavy atom. The number of amides is 2. The van der Waals surface area contributed by atoms with Gasteiger partial charge in [-0.2, -0.15) is 0 Å². The van der Waals surface area contributed by atoms with Crippen LogP contribution in [0.3, 0.4) is 0 Å². The molecule has 0 aliphatic heterocycles. The smallest absolute Gasteiger partial charge is 0.256 e. The second kappa shape index (κ2) is 11.3.